The van der Waals surface area contributed by atoms with Crippen molar-refractivity contribution in [3.63, 3.8) is 0 Å². The highest BCUT2D eigenvalue weighted by Crippen LogP contribution is 2.35. The Morgan fingerprint density at radius 3 is 2.38 bits per heavy atom. The minimum atomic E-state index is -0.590. The number of hydrogen-bond donors (Lipinski definition) is 2. The molecule has 1 heterocycles. The monoisotopic (exact) mass is 545 g/mol. The van der Waals surface area contributed by atoms with Crippen LogP contribution in [-0.2, 0) is 11.3 Å². The largest absolute Gasteiger partial charge is 0.354 e. The first-order valence-electron chi connectivity index (χ1n) is 14.7. The molecule has 40 heavy (non-hydrogen) atoms. The van der Waals surface area contributed by atoms with Gasteiger partial charge in [-0.2, -0.15) is 5.26 Å². The molecular formula is C32H40FN5O2. The van der Waals surface area contributed by atoms with Crippen molar-refractivity contribution in [2.24, 2.45) is 17.6 Å². The highest BCUT2D eigenvalue weighted by molar-refractivity contribution is 5.97. The topological polar surface area (TPSA) is 102 Å². The molecule has 2 aromatic carbocycles. The van der Waals surface area contributed by atoms with Gasteiger partial charge in [0, 0.05) is 37.3 Å². The number of halogens is 1. The van der Waals surface area contributed by atoms with Crippen LogP contribution < -0.4 is 11.1 Å². The highest BCUT2D eigenvalue weighted by atomic mass is 19.1. The normalized spacial score (nSPS) is 24.9. The first-order valence-corrected chi connectivity index (χ1v) is 14.7. The summed E-state index contributed by atoms with van der Waals surface area (Å²) < 4.78 is 13.6. The van der Waals surface area contributed by atoms with Crippen LogP contribution in [0.25, 0.3) is 0 Å². The lowest BCUT2D eigenvalue weighted by atomic mass is 9.81. The van der Waals surface area contributed by atoms with Crippen molar-refractivity contribution in [3.05, 3.63) is 71.0 Å². The Kier molecular flexibility index (Phi) is 9.13. The molecule has 212 valence electrons. The molecule has 0 radical (unpaired) electrons. The molecule has 3 fully saturated rings. The summed E-state index contributed by atoms with van der Waals surface area (Å²) in [6.45, 7) is 2.51. The van der Waals surface area contributed by atoms with Crippen molar-refractivity contribution in [1.29, 1.82) is 5.26 Å². The van der Waals surface area contributed by atoms with Crippen LogP contribution in [-0.4, -0.2) is 59.4 Å². The number of likely N-dealkylation sites (tertiary alicyclic amines) is 1. The number of carbonyl (C=O) groups excluding carboxylic acids is 2. The predicted octanol–water partition coefficient (Wildman–Crippen LogP) is 4.22. The van der Waals surface area contributed by atoms with Crippen molar-refractivity contribution < 1.29 is 14.0 Å². The van der Waals surface area contributed by atoms with Crippen LogP contribution in [0, 0.1) is 29.0 Å². The van der Waals surface area contributed by atoms with Gasteiger partial charge in [0.25, 0.3) is 5.91 Å². The van der Waals surface area contributed by atoms with Crippen LogP contribution in [0.3, 0.4) is 0 Å². The predicted molar refractivity (Wildman–Crippen MR) is 151 cm³/mol. The molecule has 2 amide bonds. The molecule has 0 spiro atoms. The quantitative estimate of drug-likeness (QED) is 0.491. The summed E-state index contributed by atoms with van der Waals surface area (Å²) in [7, 11) is 0. The number of amides is 2. The first kappa shape index (κ1) is 28.3. The standard InChI is InChI=1S/C32H40FN5O2/c33-27-10-8-26(9-11-27)32(40)37-15-14-29(38(28-12-13-28)21-23-6-4-22(18-34)5-7-23)17-30(37)31(39)36-20-25-3-1-2-24(16-25)19-35/h4-11,24-25,28-30H,1-3,12-17,19-21,35H2,(H,36,39)/t24?,25?,29?,30-/m1/s1. The van der Waals surface area contributed by atoms with Gasteiger partial charge in [0.1, 0.15) is 11.9 Å². The van der Waals surface area contributed by atoms with Gasteiger partial charge in [-0.1, -0.05) is 18.6 Å². The summed E-state index contributed by atoms with van der Waals surface area (Å²) in [4.78, 5) is 31.5. The van der Waals surface area contributed by atoms with Gasteiger partial charge in [0.05, 0.1) is 11.6 Å². The van der Waals surface area contributed by atoms with E-state index in [1.807, 2.05) is 24.3 Å². The zero-order chi connectivity index (χ0) is 28.1. The van der Waals surface area contributed by atoms with Gasteiger partial charge in [-0.25, -0.2) is 4.39 Å². The molecule has 3 N–H and O–H groups in total. The van der Waals surface area contributed by atoms with E-state index in [0.29, 0.717) is 55.1 Å². The zero-order valence-corrected chi connectivity index (χ0v) is 23.1. The number of hydrogen-bond acceptors (Lipinski definition) is 5. The van der Waals surface area contributed by atoms with Gasteiger partial charge in [-0.05, 0) is 105 Å². The number of nitriles is 1. The van der Waals surface area contributed by atoms with Crippen LogP contribution in [0.5, 0.6) is 0 Å². The van der Waals surface area contributed by atoms with E-state index < -0.39 is 11.9 Å². The summed E-state index contributed by atoms with van der Waals surface area (Å²) in [5.41, 5.74) is 8.10. The summed E-state index contributed by atoms with van der Waals surface area (Å²) >= 11 is 0. The molecule has 3 unspecified atom stereocenters. The smallest absolute Gasteiger partial charge is 0.254 e. The van der Waals surface area contributed by atoms with Gasteiger partial charge in [-0.3, -0.25) is 14.5 Å². The molecule has 2 aromatic rings. The Hall–Kier alpha value is -3.28. The Bertz CT molecular complexity index is 1210. The third kappa shape index (κ3) is 6.89. The van der Waals surface area contributed by atoms with Gasteiger partial charge in [-0.15, -0.1) is 0 Å². The minimum absolute atomic E-state index is 0.107. The average Bonchev–Trinajstić information content (AvgIpc) is 3.84. The van der Waals surface area contributed by atoms with Crippen LogP contribution in [0.2, 0.25) is 0 Å². The van der Waals surface area contributed by atoms with Crippen LogP contribution >= 0.6 is 0 Å². The highest BCUT2D eigenvalue weighted by Gasteiger charge is 2.42. The van der Waals surface area contributed by atoms with Crippen LogP contribution in [0.15, 0.2) is 48.5 Å². The minimum Gasteiger partial charge on any atom is -0.354 e. The van der Waals surface area contributed by atoms with Crippen LogP contribution in [0.4, 0.5) is 4.39 Å². The van der Waals surface area contributed by atoms with Gasteiger partial charge in [0.2, 0.25) is 5.91 Å². The first-order chi connectivity index (χ1) is 19.4. The van der Waals surface area contributed by atoms with Crippen molar-refractivity contribution in [3.8, 4) is 6.07 Å². The fourth-order valence-electron chi connectivity index (χ4n) is 6.52. The van der Waals surface area contributed by atoms with E-state index in [0.717, 1.165) is 57.1 Å². The van der Waals surface area contributed by atoms with Crippen LogP contribution in [0.1, 0.15) is 72.9 Å². The molecule has 1 saturated heterocycles. The Morgan fingerprint density at radius 2 is 1.70 bits per heavy atom. The molecule has 7 nitrogen and oxygen atoms in total. The van der Waals surface area contributed by atoms with E-state index in [9.17, 15) is 14.0 Å². The lowest BCUT2D eigenvalue weighted by Crippen LogP contribution is -2.58. The van der Waals surface area contributed by atoms with Crippen molar-refractivity contribution in [1.82, 2.24) is 15.1 Å². The van der Waals surface area contributed by atoms with E-state index in [-0.39, 0.29) is 17.9 Å². The SMILES string of the molecule is N#Cc1ccc(CN(C2CC2)C2CCN(C(=O)c3ccc(F)cc3)[C@@H](C(=O)NCC3CCCC(CN)C3)C2)cc1. The average molecular weight is 546 g/mol. The summed E-state index contributed by atoms with van der Waals surface area (Å²) in [6.07, 6.45) is 7.99. The summed E-state index contributed by atoms with van der Waals surface area (Å²) in [5.74, 6) is 0.191. The van der Waals surface area contributed by atoms with Gasteiger partial charge in [0.15, 0.2) is 0 Å². The van der Waals surface area contributed by atoms with Crippen molar-refractivity contribution >= 4 is 11.8 Å². The fourth-order valence-corrected chi connectivity index (χ4v) is 6.52. The molecule has 0 bridgehead atoms. The number of nitrogens with one attached hydrogen (secondary N) is 1. The van der Waals surface area contributed by atoms with Crippen molar-refractivity contribution in [2.45, 2.75) is 76.0 Å². The molecule has 5 rings (SSSR count). The summed E-state index contributed by atoms with van der Waals surface area (Å²) in [5, 5.41) is 12.4. The number of carbonyl (C=O) groups is 2. The molecule has 2 saturated carbocycles. The van der Waals surface area contributed by atoms with E-state index in [2.05, 4.69) is 16.3 Å². The maximum Gasteiger partial charge on any atom is 0.254 e. The molecule has 4 atom stereocenters. The maximum absolute atomic E-state index is 13.7. The second kappa shape index (κ2) is 12.9. The Balaban J connectivity index is 1.32. The summed E-state index contributed by atoms with van der Waals surface area (Å²) in [6, 6.07) is 15.5. The Morgan fingerprint density at radius 1 is 0.975 bits per heavy atom. The van der Waals surface area contributed by atoms with E-state index in [1.54, 1.807) is 4.90 Å². The number of nitrogens with two attached hydrogens (primary N) is 1. The molecular weight excluding hydrogens is 505 g/mol. The van der Waals surface area contributed by atoms with E-state index >= 15 is 0 Å². The van der Waals surface area contributed by atoms with E-state index in [1.165, 1.54) is 24.3 Å². The van der Waals surface area contributed by atoms with Crippen molar-refractivity contribution in [2.75, 3.05) is 19.6 Å². The molecule has 1 aliphatic heterocycles. The van der Waals surface area contributed by atoms with E-state index in [4.69, 9.17) is 11.0 Å². The second-order valence-corrected chi connectivity index (χ2v) is 11.8. The maximum atomic E-state index is 13.7. The van der Waals surface area contributed by atoms with Gasteiger partial charge >= 0.3 is 0 Å². The number of nitrogens with zero attached hydrogens (tertiary/aromatic N) is 3. The third-order valence-electron chi connectivity index (χ3n) is 8.95. The zero-order valence-electron chi connectivity index (χ0n) is 23.1. The second-order valence-electron chi connectivity index (χ2n) is 11.8. The molecule has 0 aromatic heterocycles. The third-order valence-corrected chi connectivity index (χ3v) is 8.95. The fraction of sp³-hybridized carbons (Fsp3) is 0.531. The lowest BCUT2D eigenvalue weighted by molar-refractivity contribution is -0.128. The number of piperidine rings is 1. The molecule has 2 aliphatic carbocycles. The molecule has 3 aliphatic rings. The molecule has 8 heteroatoms. The Labute approximate surface area is 236 Å². The van der Waals surface area contributed by atoms with Gasteiger partial charge < -0.3 is 16.0 Å². The lowest BCUT2D eigenvalue weighted by Gasteiger charge is -2.43. The number of rotatable bonds is 9. The number of benzene rings is 2.